The van der Waals surface area contributed by atoms with Gasteiger partial charge in [0.05, 0.1) is 5.56 Å². The first-order chi connectivity index (χ1) is 11.5. The van der Waals surface area contributed by atoms with E-state index in [9.17, 15) is 35.1 Å². The molecule has 3 nitrogen and oxygen atoms in total. The van der Waals surface area contributed by atoms with Gasteiger partial charge in [-0.2, -0.15) is 8.78 Å². The topological polar surface area (TPSA) is 49.7 Å². The number of halogens is 8. The Morgan fingerprint density at radius 3 is 1.44 bits per heavy atom. The molecule has 0 saturated carbocycles. The maximum Gasteiger partial charge on any atom is 0.707 e. The molecule has 2 aromatic rings. The third kappa shape index (κ3) is 2.91. The fourth-order valence-electron chi connectivity index (χ4n) is 2.08. The summed E-state index contributed by atoms with van der Waals surface area (Å²) < 4.78 is 113. The van der Waals surface area contributed by atoms with Crippen LogP contribution in [0, 0.1) is 53.5 Å². The van der Waals surface area contributed by atoms with E-state index >= 15 is 0 Å². The Balaban J connectivity index is 2.92. The lowest BCUT2D eigenvalue weighted by molar-refractivity contribution is 0.268. The highest BCUT2D eigenvalue weighted by atomic mass is 19.2. The minimum absolute atomic E-state index is 0.590. The van der Waals surface area contributed by atoms with Crippen molar-refractivity contribution in [3.63, 3.8) is 0 Å². The molecule has 0 unspecified atom stereocenters. The van der Waals surface area contributed by atoms with E-state index < -0.39 is 76.3 Å². The summed E-state index contributed by atoms with van der Waals surface area (Å²) in [5.74, 6) is -20.4. The third-order valence-electron chi connectivity index (χ3n) is 3.20. The summed E-state index contributed by atoms with van der Waals surface area (Å²) in [6.45, 7) is 0.590. The molecule has 0 bridgehead atoms. The van der Waals surface area contributed by atoms with Crippen LogP contribution < -0.4 is 4.65 Å². The van der Waals surface area contributed by atoms with Crippen LogP contribution in [0.15, 0.2) is 0 Å². The van der Waals surface area contributed by atoms with Gasteiger partial charge in [-0.25, -0.2) is 26.3 Å². The third-order valence-corrected chi connectivity index (χ3v) is 3.20. The minimum Gasteiger partial charge on any atom is -0.507 e. The fourth-order valence-corrected chi connectivity index (χ4v) is 2.08. The van der Waals surface area contributed by atoms with Crippen molar-refractivity contribution in [3.8, 4) is 16.9 Å². The van der Waals surface area contributed by atoms with Crippen molar-refractivity contribution < 1.29 is 49.8 Å². The molecule has 12 heteroatoms. The maximum absolute atomic E-state index is 14.0. The second-order valence-corrected chi connectivity index (χ2v) is 4.66. The Morgan fingerprint density at radius 1 is 0.600 bits per heavy atom. The van der Waals surface area contributed by atoms with Gasteiger partial charge >= 0.3 is 7.32 Å². The van der Waals surface area contributed by atoms with E-state index in [1.807, 2.05) is 0 Å². The van der Waals surface area contributed by atoms with Crippen molar-refractivity contribution in [1.82, 2.24) is 0 Å². The van der Waals surface area contributed by atoms with Gasteiger partial charge < -0.3 is 14.7 Å². The van der Waals surface area contributed by atoms with Crippen molar-refractivity contribution >= 4 is 7.32 Å². The molecule has 25 heavy (non-hydrogen) atoms. The molecule has 0 aliphatic rings. The highest BCUT2D eigenvalue weighted by Crippen LogP contribution is 2.40. The van der Waals surface area contributed by atoms with Crippen LogP contribution in [-0.4, -0.2) is 17.4 Å². The zero-order chi connectivity index (χ0) is 19.2. The van der Waals surface area contributed by atoms with Crippen molar-refractivity contribution in [1.29, 1.82) is 0 Å². The average Bonchev–Trinajstić information content (AvgIpc) is 2.56. The molecule has 0 spiro atoms. The fraction of sp³-hybridized carbons (Fsp3) is 0.0769. The lowest BCUT2D eigenvalue weighted by Crippen LogP contribution is -2.23. The van der Waals surface area contributed by atoms with Crippen LogP contribution in [0.4, 0.5) is 35.1 Å². The normalized spacial score (nSPS) is 11.0. The van der Waals surface area contributed by atoms with Crippen LogP contribution in [0.2, 0.25) is 0 Å². The molecule has 0 aromatic heterocycles. The van der Waals surface area contributed by atoms with Crippen molar-refractivity contribution in [2.75, 3.05) is 0 Å². The van der Waals surface area contributed by atoms with Gasteiger partial charge in [0.1, 0.15) is 0 Å². The number of hydrogen-bond donors (Lipinski definition) is 2. The molecular weight excluding hydrogens is 367 g/mol. The quantitative estimate of drug-likeness (QED) is 0.377. The minimum atomic E-state index is -2.87. The van der Waals surface area contributed by atoms with Crippen LogP contribution in [0.1, 0.15) is 5.56 Å². The molecule has 0 atom stereocenters. The zero-order valence-electron chi connectivity index (χ0n) is 11.9. The monoisotopic (exact) mass is 372 g/mol. The van der Waals surface area contributed by atoms with Crippen LogP contribution in [-0.2, 0) is 0 Å². The van der Waals surface area contributed by atoms with Gasteiger partial charge in [-0.05, 0) is 12.5 Å². The van der Waals surface area contributed by atoms with Gasteiger partial charge in [0.15, 0.2) is 40.7 Å². The Labute approximate surface area is 134 Å². The molecule has 0 aliphatic carbocycles. The van der Waals surface area contributed by atoms with E-state index in [0.29, 0.717) is 6.92 Å². The standard InChI is InChI=1S/C13H5BF8O3/c1-2-3(6(16)10(20)9(19)5(2)15)4-7(17)11(21)13(25-14(23)24)12(22)8(4)18/h23-24H,1H3. The van der Waals surface area contributed by atoms with Crippen LogP contribution >= 0.6 is 0 Å². The summed E-state index contributed by atoms with van der Waals surface area (Å²) in [4.78, 5) is 0. The second-order valence-electron chi connectivity index (χ2n) is 4.66. The molecule has 0 heterocycles. The van der Waals surface area contributed by atoms with Crippen molar-refractivity contribution in [2.45, 2.75) is 6.92 Å². The smallest absolute Gasteiger partial charge is 0.507 e. The predicted octanol–water partition coefficient (Wildman–Crippen LogP) is 3.12. The Hall–Kier alpha value is -2.34. The van der Waals surface area contributed by atoms with Crippen LogP contribution in [0.25, 0.3) is 11.1 Å². The molecule has 134 valence electrons. The Morgan fingerprint density at radius 2 is 1.00 bits per heavy atom. The largest absolute Gasteiger partial charge is 0.707 e. The summed E-state index contributed by atoms with van der Waals surface area (Å²) in [7, 11) is -2.87. The highest BCUT2D eigenvalue weighted by molar-refractivity contribution is 6.33. The van der Waals surface area contributed by atoms with E-state index in [1.165, 1.54) is 0 Å². The number of hydrogen-bond acceptors (Lipinski definition) is 3. The number of benzene rings is 2. The average molecular weight is 372 g/mol. The van der Waals surface area contributed by atoms with Crippen molar-refractivity contribution in [2.24, 2.45) is 0 Å². The molecule has 0 aliphatic heterocycles. The molecule has 0 fully saturated rings. The molecule has 2 N–H and O–H groups in total. The van der Waals surface area contributed by atoms with E-state index in [2.05, 4.69) is 4.65 Å². The van der Waals surface area contributed by atoms with Crippen LogP contribution in [0.3, 0.4) is 0 Å². The zero-order valence-corrected chi connectivity index (χ0v) is 11.9. The first kappa shape index (κ1) is 19.0. The van der Waals surface area contributed by atoms with Crippen LogP contribution in [0.5, 0.6) is 5.75 Å². The molecular formula is C13H5BF8O3. The Kier molecular flexibility index (Phi) is 4.96. The Bertz CT molecular complexity index is 813. The van der Waals surface area contributed by atoms with E-state index in [0.717, 1.165) is 0 Å². The second kappa shape index (κ2) is 6.52. The number of rotatable bonds is 3. The van der Waals surface area contributed by atoms with E-state index in [4.69, 9.17) is 10.0 Å². The summed E-state index contributed by atoms with van der Waals surface area (Å²) in [6, 6.07) is 0. The van der Waals surface area contributed by atoms with E-state index in [1.54, 1.807) is 0 Å². The van der Waals surface area contributed by atoms with Gasteiger partial charge in [0.2, 0.25) is 11.6 Å². The summed E-state index contributed by atoms with van der Waals surface area (Å²) >= 11 is 0. The van der Waals surface area contributed by atoms with Gasteiger partial charge in [-0.15, -0.1) is 0 Å². The van der Waals surface area contributed by atoms with Gasteiger partial charge in [-0.3, -0.25) is 0 Å². The predicted molar refractivity (Wildman–Crippen MR) is 67.1 cm³/mol. The first-order valence-corrected chi connectivity index (χ1v) is 6.22. The summed E-state index contributed by atoms with van der Waals surface area (Å²) in [6.07, 6.45) is 0. The lowest BCUT2D eigenvalue weighted by Gasteiger charge is -2.15. The molecule has 0 radical (unpaired) electrons. The molecule has 0 amide bonds. The van der Waals surface area contributed by atoms with Gasteiger partial charge in [-0.1, -0.05) is 0 Å². The SMILES string of the molecule is Cc1c(F)c(F)c(F)c(F)c1-c1c(F)c(F)c(OB(O)O)c(F)c1F. The maximum atomic E-state index is 14.0. The summed E-state index contributed by atoms with van der Waals surface area (Å²) in [5, 5.41) is 16.9. The lowest BCUT2D eigenvalue weighted by atomic mass is 9.97. The molecule has 2 rings (SSSR count). The van der Waals surface area contributed by atoms with Crippen molar-refractivity contribution in [3.05, 3.63) is 52.1 Å². The van der Waals surface area contributed by atoms with E-state index in [-0.39, 0.29) is 0 Å². The highest BCUT2D eigenvalue weighted by Gasteiger charge is 2.34. The molecule has 2 aromatic carbocycles. The van der Waals surface area contributed by atoms with Gasteiger partial charge in [0.25, 0.3) is 0 Å². The first-order valence-electron chi connectivity index (χ1n) is 6.22. The van der Waals surface area contributed by atoms with Gasteiger partial charge in [0, 0.05) is 5.56 Å². The summed E-state index contributed by atoms with van der Waals surface area (Å²) in [5.41, 5.74) is -4.63. The molecule has 0 saturated heterocycles.